The maximum Gasteiger partial charge on any atom is 0.303 e. The van der Waals surface area contributed by atoms with Gasteiger partial charge < -0.3 is 38.3 Å². The van der Waals surface area contributed by atoms with Crippen LogP contribution < -0.4 is 0 Å². The second-order valence-corrected chi connectivity index (χ2v) is 7.84. The molecule has 0 saturated carbocycles. The number of azide groups is 2. The highest BCUT2D eigenvalue weighted by atomic mass is 16.7. The first-order valence-corrected chi connectivity index (χ1v) is 10.8. The Labute approximate surface area is 209 Å². The number of esters is 4. The van der Waals surface area contributed by atoms with E-state index in [1.54, 1.807) is 0 Å². The molecule has 2 heterocycles. The smallest absolute Gasteiger partial charge is 0.303 e. The molecule has 0 aromatic heterocycles. The van der Waals surface area contributed by atoms with Gasteiger partial charge in [-0.2, -0.15) is 0 Å². The van der Waals surface area contributed by atoms with Gasteiger partial charge in [-0.05, 0) is 11.1 Å². The van der Waals surface area contributed by atoms with Crippen molar-refractivity contribution in [1.82, 2.24) is 0 Å². The van der Waals surface area contributed by atoms with Crippen LogP contribution in [-0.4, -0.2) is 97.4 Å². The summed E-state index contributed by atoms with van der Waals surface area (Å²) in [6.45, 7) is 3.47. The average molecular weight is 530 g/mol. The zero-order valence-electron chi connectivity index (χ0n) is 20.2. The van der Waals surface area contributed by atoms with E-state index in [9.17, 15) is 29.8 Å². The fraction of sp³-hybridized carbons (Fsp3) is 0.789. The molecular formula is C19H26N6O12. The van der Waals surface area contributed by atoms with Crippen molar-refractivity contribution < 1.29 is 57.4 Å². The van der Waals surface area contributed by atoms with Crippen molar-refractivity contribution >= 4 is 23.9 Å². The molecule has 0 spiro atoms. The molecule has 2 rings (SSSR count). The van der Waals surface area contributed by atoms with Crippen LogP contribution in [0.1, 0.15) is 27.7 Å². The van der Waals surface area contributed by atoms with E-state index in [0.29, 0.717) is 0 Å². The van der Waals surface area contributed by atoms with Crippen molar-refractivity contribution in [3.63, 3.8) is 0 Å². The van der Waals surface area contributed by atoms with Crippen molar-refractivity contribution in [3.05, 3.63) is 20.9 Å². The molecule has 2 aliphatic heterocycles. The zero-order valence-corrected chi connectivity index (χ0v) is 20.2. The Hall–Kier alpha value is -3.66. The molecule has 0 aliphatic carbocycles. The van der Waals surface area contributed by atoms with Gasteiger partial charge in [0.1, 0.15) is 31.0 Å². The van der Waals surface area contributed by atoms with Crippen molar-refractivity contribution in [1.29, 1.82) is 0 Å². The lowest BCUT2D eigenvalue weighted by atomic mass is 9.96. The third-order valence-corrected chi connectivity index (χ3v) is 5.06. The van der Waals surface area contributed by atoms with Crippen molar-refractivity contribution in [3.8, 4) is 0 Å². The SMILES string of the molecule is CC(=O)OC[C@H]1OC(O)C(OC(C)=O)[C@@H]1OC1O[C@@H](CN=[N+]=[N-])[C@@H](OC(C)=O)[C@H](OC(C)=O)C1N=[N+]=[N-]. The van der Waals surface area contributed by atoms with E-state index in [-0.39, 0.29) is 0 Å². The minimum absolute atomic E-state index is 0.427. The standard InChI is InChI=1S/C19H26N6O12/c1-7(26)31-6-12-15(17(18(30)35-12)34-10(4)29)37-19-13(23-25-21)16(33-9(3)28)14(32-8(2)27)11(36-19)5-22-24-20/h11-19,30H,5-6H2,1-4H3/t11-,12+,13?,14+,15+,16+,17?,18?,19?/m0/s1. The van der Waals surface area contributed by atoms with Crippen LogP contribution >= 0.6 is 0 Å². The maximum absolute atomic E-state index is 11.9. The van der Waals surface area contributed by atoms with E-state index in [4.69, 9.17) is 38.7 Å². The first-order valence-electron chi connectivity index (χ1n) is 10.8. The van der Waals surface area contributed by atoms with Gasteiger partial charge >= 0.3 is 23.9 Å². The zero-order chi connectivity index (χ0) is 27.7. The summed E-state index contributed by atoms with van der Waals surface area (Å²) < 4.78 is 37.6. The van der Waals surface area contributed by atoms with Crippen LogP contribution in [0.2, 0.25) is 0 Å². The van der Waals surface area contributed by atoms with Crippen LogP contribution in [0.25, 0.3) is 20.9 Å². The summed E-state index contributed by atoms with van der Waals surface area (Å²) in [5.41, 5.74) is 17.9. The fourth-order valence-corrected chi connectivity index (χ4v) is 3.79. The van der Waals surface area contributed by atoms with Crippen molar-refractivity contribution in [2.75, 3.05) is 13.2 Å². The predicted octanol–water partition coefficient (Wildman–Crippen LogP) is 0.161. The fourth-order valence-electron chi connectivity index (χ4n) is 3.79. The van der Waals surface area contributed by atoms with Crippen LogP contribution in [0.5, 0.6) is 0 Å². The van der Waals surface area contributed by atoms with Gasteiger partial charge in [-0.3, -0.25) is 19.2 Å². The van der Waals surface area contributed by atoms with Crippen LogP contribution in [0, 0.1) is 0 Å². The molecule has 0 aromatic carbocycles. The second kappa shape index (κ2) is 13.6. The van der Waals surface area contributed by atoms with Crippen LogP contribution in [0.4, 0.5) is 0 Å². The quantitative estimate of drug-likeness (QED) is 0.130. The lowest BCUT2D eigenvalue weighted by molar-refractivity contribution is -0.285. The molecule has 0 radical (unpaired) electrons. The highest BCUT2D eigenvalue weighted by molar-refractivity contribution is 5.68. The molecule has 2 saturated heterocycles. The van der Waals surface area contributed by atoms with Crippen molar-refractivity contribution in [2.45, 2.75) is 82.9 Å². The minimum atomic E-state index is -1.70. The molecule has 0 bridgehead atoms. The summed E-state index contributed by atoms with van der Waals surface area (Å²) in [7, 11) is 0. The Kier molecular flexibility index (Phi) is 10.9. The van der Waals surface area contributed by atoms with Gasteiger partial charge in [0.05, 0.1) is 6.54 Å². The molecule has 9 atom stereocenters. The molecular weight excluding hydrogens is 504 g/mol. The summed E-state index contributed by atoms with van der Waals surface area (Å²) in [6.07, 6.45) is -11.4. The number of hydrogen-bond donors (Lipinski definition) is 1. The number of hydrogen-bond acceptors (Lipinski definition) is 14. The Morgan fingerprint density at radius 3 is 1.95 bits per heavy atom. The van der Waals surface area contributed by atoms with Gasteiger partial charge in [-0.1, -0.05) is 10.2 Å². The van der Waals surface area contributed by atoms with Crippen LogP contribution in [0.15, 0.2) is 10.2 Å². The highest BCUT2D eigenvalue weighted by Gasteiger charge is 2.54. The average Bonchev–Trinajstić information content (AvgIpc) is 3.08. The van der Waals surface area contributed by atoms with E-state index in [1.165, 1.54) is 0 Å². The summed E-state index contributed by atoms with van der Waals surface area (Å²) in [5, 5.41) is 17.3. The Balaban J connectivity index is 2.49. The first kappa shape index (κ1) is 29.6. The molecule has 18 heteroatoms. The number of nitrogens with zero attached hydrogens (tertiary/aromatic N) is 6. The summed E-state index contributed by atoms with van der Waals surface area (Å²) >= 11 is 0. The van der Waals surface area contributed by atoms with Gasteiger partial charge in [0.25, 0.3) is 0 Å². The van der Waals surface area contributed by atoms with Gasteiger partial charge in [0.15, 0.2) is 30.9 Å². The van der Waals surface area contributed by atoms with Crippen LogP contribution in [-0.2, 0) is 52.3 Å². The largest absolute Gasteiger partial charge is 0.463 e. The van der Waals surface area contributed by atoms with E-state index in [2.05, 4.69) is 20.1 Å². The Bertz CT molecular complexity index is 967. The Morgan fingerprint density at radius 2 is 1.41 bits per heavy atom. The molecule has 4 unspecified atom stereocenters. The van der Waals surface area contributed by atoms with E-state index < -0.39 is 92.3 Å². The van der Waals surface area contributed by atoms with Gasteiger partial charge in [-0.25, -0.2) is 0 Å². The second-order valence-electron chi connectivity index (χ2n) is 7.84. The molecule has 37 heavy (non-hydrogen) atoms. The van der Waals surface area contributed by atoms with Gasteiger partial charge in [0, 0.05) is 37.5 Å². The summed E-state index contributed by atoms with van der Waals surface area (Å²) in [6, 6.07) is -1.49. The normalized spacial score (nSPS) is 32.7. The molecule has 0 amide bonds. The summed E-state index contributed by atoms with van der Waals surface area (Å²) in [4.78, 5) is 51.9. The summed E-state index contributed by atoms with van der Waals surface area (Å²) in [5.74, 6) is -3.13. The molecule has 2 fully saturated rings. The number of aliphatic hydroxyl groups excluding tert-OH is 1. The molecule has 18 nitrogen and oxygen atoms in total. The van der Waals surface area contributed by atoms with Crippen molar-refractivity contribution in [2.24, 2.45) is 10.2 Å². The lowest BCUT2D eigenvalue weighted by Crippen LogP contribution is -2.62. The van der Waals surface area contributed by atoms with E-state index in [1.807, 2.05) is 0 Å². The van der Waals surface area contributed by atoms with Gasteiger partial charge in [0.2, 0.25) is 0 Å². The lowest BCUT2D eigenvalue weighted by Gasteiger charge is -2.44. The number of rotatable bonds is 10. The monoisotopic (exact) mass is 530 g/mol. The first-order chi connectivity index (χ1) is 17.5. The number of carbonyl (C=O) groups is 4. The third-order valence-electron chi connectivity index (χ3n) is 5.06. The van der Waals surface area contributed by atoms with E-state index >= 15 is 0 Å². The predicted molar refractivity (Wildman–Crippen MR) is 115 cm³/mol. The minimum Gasteiger partial charge on any atom is -0.463 e. The third kappa shape index (κ3) is 8.18. The molecule has 204 valence electrons. The topological polar surface area (TPSA) is 251 Å². The molecule has 1 N–H and O–H groups in total. The van der Waals surface area contributed by atoms with Gasteiger partial charge in [-0.15, -0.1) is 0 Å². The number of aliphatic hydroxyl groups is 1. The molecule has 0 aromatic rings. The maximum atomic E-state index is 11.9. The number of ether oxygens (including phenoxy) is 7. The number of carbonyl (C=O) groups excluding carboxylic acids is 4. The van der Waals surface area contributed by atoms with Crippen LogP contribution in [0.3, 0.4) is 0 Å². The Morgan fingerprint density at radius 1 is 0.811 bits per heavy atom. The van der Waals surface area contributed by atoms with E-state index in [0.717, 1.165) is 27.7 Å². The molecule has 2 aliphatic rings. The highest BCUT2D eigenvalue weighted by Crippen LogP contribution is 2.34.